The Labute approximate surface area is 144 Å². The molecule has 0 saturated carbocycles. The molecular weight excluding hydrogens is 330 g/mol. The molecule has 0 unspecified atom stereocenters. The Morgan fingerprint density at radius 2 is 1.75 bits per heavy atom. The zero-order valence-electron chi connectivity index (χ0n) is 13.0. The van der Waals surface area contributed by atoms with Gasteiger partial charge in [-0.15, -0.1) is 0 Å². The van der Waals surface area contributed by atoms with Gasteiger partial charge in [0, 0.05) is 22.3 Å². The van der Waals surface area contributed by atoms with Gasteiger partial charge in [-0.2, -0.15) is 0 Å². The van der Waals surface area contributed by atoms with Crippen LogP contribution in [-0.2, 0) is 9.59 Å². The topological polar surface area (TPSA) is 75.6 Å². The molecule has 0 saturated heterocycles. The predicted octanol–water partition coefficient (Wildman–Crippen LogP) is 3.85. The Morgan fingerprint density at radius 1 is 1.12 bits per heavy atom. The number of halogens is 1. The molecule has 0 heterocycles. The maximum atomic E-state index is 11.9. The molecule has 2 N–H and O–H groups in total. The van der Waals surface area contributed by atoms with E-state index < -0.39 is 11.7 Å². The largest absolute Gasteiger partial charge is 0.507 e. The van der Waals surface area contributed by atoms with Gasteiger partial charge in [-0.25, -0.2) is 0 Å². The number of hydrogen-bond acceptors (Lipinski definition) is 4. The lowest BCUT2D eigenvalue weighted by molar-refractivity contribution is -0.131. The highest BCUT2D eigenvalue weighted by Crippen LogP contribution is 2.17. The number of rotatable bonds is 6. The summed E-state index contributed by atoms with van der Waals surface area (Å²) in [7, 11) is 0. The number of carbonyl (C=O) groups is 2. The van der Waals surface area contributed by atoms with Gasteiger partial charge in [-0.3, -0.25) is 9.59 Å². The van der Waals surface area contributed by atoms with Crippen molar-refractivity contribution in [3.05, 3.63) is 65.2 Å². The van der Waals surface area contributed by atoms with Gasteiger partial charge in [0.15, 0.2) is 0 Å². The van der Waals surface area contributed by atoms with E-state index in [9.17, 15) is 14.7 Å². The van der Waals surface area contributed by atoms with Crippen molar-refractivity contribution >= 4 is 34.7 Å². The molecular formula is C18H16ClNO4. The Kier molecular flexibility index (Phi) is 5.98. The van der Waals surface area contributed by atoms with Crippen molar-refractivity contribution in [1.29, 1.82) is 0 Å². The lowest BCUT2D eigenvalue weighted by Crippen LogP contribution is -2.21. The van der Waals surface area contributed by atoms with Crippen molar-refractivity contribution < 1.29 is 19.4 Å². The molecule has 24 heavy (non-hydrogen) atoms. The van der Waals surface area contributed by atoms with E-state index in [0.717, 1.165) is 6.08 Å². The second-order valence-corrected chi connectivity index (χ2v) is 5.25. The van der Waals surface area contributed by atoms with E-state index >= 15 is 0 Å². The number of aliphatic hydroxyl groups excluding tert-OH is 1. The zero-order valence-corrected chi connectivity index (χ0v) is 13.7. The van der Waals surface area contributed by atoms with Crippen LogP contribution in [0.15, 0.2) is 54.6 Å². The van der Waals surface area contributed by atoms with Crippen molar-refractivity contribution in [2.24, 2.45) is 0 Å². The number of ether oxygens (including phenoxy) is 1. The molecule has 0 fully saturated rings. The van der Waals surface area contributed by atoms with Crippen LogP contribution in [0.2, 0.25) is 5.02 Å². The number of nitrogens with one attached hydrogen (secondary N) is 1. The molecule has 0 aliphatic heterocycles. The van der Waals surface area contributed by atoms with E-state index in [1.165, 1.54) is 0 Å². The molecule has 0 atom stereocenters. The van der Waals surface area contributed by atoms with E-state index in [-0.39, 0.29) is 5.76 Å². The molecule has 0 spiro atoms. The molecule has 2 aromatic rings. The number of hydrogen-bond donors (Lipinski definition) is 2. The third-order valence-electron chi connectivity index (χ3n) is 3.05. The minimum absolute atomic E-state index is 0.307. The fraction of sp³-hybridized carbons (Fsp3) is 0.111. The van der Waals surface area contributed by atoms with E-state index in [1.54, 1.807) is 48.5 Å². The van der Waals surface area contributed by atoms with E-state index in [1.807, 2.05) is 6.92 Å². The lowest BCUT2D eigenvalue weighted by Gasteiger charge is -2.06. The second-order valence-electron chi connectivity index (χ2n) is 4.81. The first-order valence-electron chi connectivity index (χ1n) is 7.24. The van der Waals surface area contributed by atoms with Crippen LogP contribution in [0.25, 0.3) is 5.76 Å². The summed E-state index contributed by atoms with van der Waals surface area (Å²) in [4.78, 5) is 23.7. The van der Waals surface area contributed by atoms with Crippen molar-refractivity contribution in [2.75, 3.05) is 11.9 Å². The van der Waals surface area contributed by atoms with Crippen LogP contribution < -0.4 is 10.1 Å². The summed E-state index contributed by atoms with van der Waals surface area (Å²) in [5, 5.41) is 12.9. The summed E-state index contributed by atoms with van der Waals surface area (Å²) in [6.45, 7) is 2.41. The average molecular weight is 346 g/mol. The first kappa shape index (κ1) is 17.6. The van der Waals surface area contributed by atoms with Crippen LogP contribution >= 0.6 is 11.6 Å². The van der Waals surface area contributed by atoms with Crippen molar-refractivity contribution in [3.8, 4) is 5.75 Å². The molecule has 1 amide bonds. The maximum absolute atomic E-state index is 11.9. The molecule has 6 heteroatoms. The highest BCUT2D eigenvalue weighted by Gasteiger charge is 2.13. The fourth-order valence-electron chi connectivity index (χ4n) is 1.89. The minimum Gasteiger partial charge on any atom is -0.507 e. The predicted molar refractivity (Wildman–Crippen MR) is 93.3 cm³/mol. The first-order valence-corrected chi connectivity index (χ1v) is 7.62. The van der Waals surface area contributed by atoms with Gasteiger partial charge in [0.05, 0.1) is 6.61 Å². The number of benzene rings is 2. The first-order chi connectivity index (χ1) is 11.5. The number of amides is 1. The third kappa shape index (κ3) is 4.86. The molecule has 0 bridgehead atoms. The van der Waals surface area contributed by atoms with Crippen molar-refractivity contribution in [2.45, 2.75) is 6.92 Å². The SMILES string of the molecule is CCOc1ccc(NC(=O)C(=O)/C=C(\O)c2ccc(Cl)cc2)cc1. The smallest absolute Gasteiger partial charge is 0.296 e. The van der Waals surface area contributed by atoms with Gasteiger partial charge in [0.25, 0.3) is 5.91 Å². The number of anilines is 1. The number of carbonyl (C=O) groups excluding carboxylic acids is 2. The Balaban J connectivity index is 2.02. The normalized spacial score (nSPS) is 11.0. The minimum atomic E-state index is -0.865. The van der Waals surface area contributed by atoms with E-state index in [0.29, 0.717) is 28.6 Å². The van der Waals surface area contributed by atoms with Crippen LogP contribution in [0, 0.1) is 0 Å². The number of ketones is 1. The zero-order chi connectivity index (χ0) is 17.5. The van der Waals surface area contributed by atoms with Crippen molar-refractivity contribution in [3.63, 3.8) is 0 Å². The lowest BCUT2D eigenvalue weighted by atomic mass is 10.1. The fourth-order valence-corrected chi connectivity index (χ4v) is 2.01. The van der Waals surface area contributed by atoms with Crippen LogP contribution in [0.3, 0.4) is 0 Å². The summed E-state index contributed by atoms with van der Waals surface area (Å²) < 4.78 is 5.29. The Bertz CT molecular complexity index is 752. The second kappa shape index (κ2) is 8.17. The molecule has 0 aliphatic carbocycles. The molecule has 2 rings (SSSR count). The van der Waals surface area contributed by atoms with Gasteiger partial charge in [0.2, 0.25) is 5.78 Å². The highest BCUT2D eigenvalue weighted by molar-refractivity contribution is 6.45. The average Bonchev–Trinajstić information content (AvgIpc) is 2.57. The Hall–Kier alpha value is -2.79. The standard InChI is InChI=1S/C18H16ClNO4/c1-2-24-15-9-7-14(8-10-15)20-18(23)17(22)11-16(21)12-3-5-13(19)6-4-12/h3-11,21H,2H2,1H3,(H,20,23)/b16-11-. The molecule has 0 aliphatic rings. The monoisotopic (exact) mass is 345 g/mol. The summed E-state index contributed by atoms with van der Waals surface area (Å²) in [6, 6.07) is 12.9. The van der Waals surface area contributed by atoms with E-state index in [4.69, 9.17) is 16.3 Å². The summed E-state index contributed by atoms with van der Waals surface area (Å²) in [5.74, 6) is -1.35. The summed E-state index contributed by atoms with van der Waals surface area (Å²) >= 11 is 5.75. The van der Waals surface area contributed by atoms with E-state index in [2.05, 4.69) is 5.32 Å². The quantitative estimate of drug-likeness (QED) is 0.474. The molecule has 5 nitrogen and oxygen atoms in total. The molecule has 0 radical (unpaired) electrons. The highest BCUT2D eigenvalue weighted by atomic mass is 35.5. The number of aliphatic hydroxyl groups is 1. The summed E-state index contributed by atoms with van der Waals surface area (Å²) in [6.07, 6.45) is 0.868. The third-order valence-corrected chi connectivity index (χ3v) is 3.31. The molecule has 0 aromatic heterocycles. The molecule has 124 valence electrons. The maximum Gasteiger partial charge on any atom is 0.296 e. The van der Waals surface area contributed by atoms with Gasteiger partial charge < -0.3 is 15.2 Å². The molecule has 2 aromatic carbocycles. The van der Waals surface area contributed by atoms with Gasteiger partial charge >= 0.3 is 0 Å². The van der Waals surface area contributed by atoms with Gasteiger partial charge in [-0.1, -0.05) is 11.6 Å². The van der Waals surface area contributed by atoms with Gasteiger partial charge in [0.1, 0.15) is 11.5 Å². The Morgan fingerprint density at radius 3 is 2.33 bits per heavy atom. The van der Waals surface area contributed by atoms with Gasteiger partial charge in [-0.05, 0) is 55.5 Å². The summed E-state index contributed by atoms with van der Waals surface area (Å²) in [5.41, 5.74) is 0.845. The van der Waals surface area contributed by atoms with Crippen LogP contribution in [0.5, 0.6) is 5.75 Å². The van der Waals surface area contributed by atoms with Crippen LogP contribution in [0.4, 0.5) is 5.69 Å². The van der Waals surface area contributed by atoms with Crippen LogP contribution in [-0.4, -0.2) is 23.4 Å². The van der Waals surface area contributed by atoms with Crippen LogP contribution in [0.1, 0.15) is 12.5 Å². The van der Waals surface area contributed by atoms with Crippen molar-refractivity contribution in [1.82, 2.24) is 0 Å².